The second kappa shape index (κ2) is 8.13. The van der Waals surface area contributed by atoms with Crippen LogP contribution in [-0.2, 0) is 11.3 Å². The number of hydrogen-bond donors (Lipinski definition) is 2. The first-order chi connectivity index (χ1) is 10.8. The minimum atomic E-state index is 0. The lowest BCUT2D eigenvalue weighted by Crippen LogP contribution is -2.34. The highest BCUT2D eigenvalue weighted by atomic mass is 35.5. The standard InChI is InChI=1S/C17H21N3O2.ClH/c18-9-13-7-4-8-14(13)17(21)19-10-15-16(22-11-20-15)12-5-2-1-3-6-12;/h1-3,5-6,11,13-14H,4,7-10,18H2,(H,19,21);1H/t13-,14-;/m1./s1. The molecule has 0 bridgehead atoms. The number of halogens is 1. The SMILES string of the molecule is Cl.NC[C@H]1CCC[C@H]1C(=O)NCc1ncoc1-c1ccccc1. The Morgan fingerprint density at radius 3 is 2.83 bits per heavy atom. The lowest BCUT2D eigenvalue weighted by Gasteiger charge is -2.17. The number of nitrogens with zero attached hydrogens (tertiary/aromatic N) is 1. The molecule has 3 rings (SSSR count). The Hall–Kier alpha value is -1.85. The van der Waals surface area contributed by atoms with Crippen molar-refractivity contribution >= 4 is 18.3 Å². The largest absolute Gasteiger partial charge is 0.443 e. The van der Waals surface area contributed by atoms with Gasteiger partial charge in [0, 0.05) is 11.5 Å². The van der Waals surface area contributed by atoms with E-state index in [0.29, 0.717) is 24.8 Å². The molecule has 0 saturated heterocycles. The Kier molecular flexibility index (Phi) is 6.19. The summed E-state index contributed by atoms with van der Waals surface area (Å²) >= 11 is 0. The molecule has 23 heavy (non-hydrogen) atoms. The second-order valence-corrected chi connectivity index (χ2v) is 5.75. The van der Waals surface area contributed by atoms with Crippen LogP contribution in [0.15, 0.2) is 41.1 Å². The van der Waals surface area contributed by atoms with E-state index in [0.717, 1.165) is 30.5 Å². The highest BCUT2D eigenvalue weighted by Crippen LogP contribution is 2.31. The van der Waals surface area contributed by atoms with E-state index in [1.54, 1.807) is 0 Å². The predicted octanol–water partition coefficient (Wildman–Crippen LogP) is 2.75. The van der Waals surface area contributed by atoms with Gasteiger partial charge in [-0.2, -0.15) is 0 Å². The van der Waals surface area contributed by atoms with Gasteiger partial charge in [-0.05, 0) is 25.3 Å². The van der Waals surface area contributed by atoms with Crippen molar-refractivity contribution in [3.8, 4) is 11.3 Å². The van der Waals surface area contributed by atoms with Gasteiger partial charge in [0.2, 0.25) is 5.91 Å². The van der Waals surface area contributed by atoms with Crippen LogP contribution in [-0.4, -0.2) is 17.4 Å². The number of carbonyl (C=O) groups excluding carboxylic acids is 1. The average molecular weight is 336 g/mol. The van der Waals surface area contributed by atoms with Crippen molar-refractivity contribution in [1.29, 1.82) is 0 Å². The maximum absolute atomic E-state index is 12.3. The fourth-order valence-electron chi connectivity index (χ4n) is 3.19. The zero-order chi connectivity index (χ0) is 15.4. The van der Waals surface area contributed by atoms with E-state index in [4.69, 9.17) is 10.2 Å². The molecule has 1 fully saturated rings. The van der Waals surface area contributed by atoms with E-state index < -0.39 is 0 Å². The molecular weight excluding hydrogens is 314 g/mol. The maximum Gasteiger partial charge on any atom is 0.223 e. The van der Waals surface area contributed by atoms with Crippen LogP contribution in [0.4, 0.5) is 0 Å². The molecule has 1 aliphatic rings. The first kappa shape index (κ1) is 17.5. The van der Waals surface area contributed by atoms with Crippen molar-refractivity contribution in [2.75, 3.05) is 6.54 Å². The van der Waals surface area contributed by atoms with Gasteiger partial charge in [-0.15, -0.1) is 12.4 Å². The van der Waals surface area contributed by atoms with Crippen molar-refractivity contribution in [2.45, 2.75) is 25.8 Å². The summed E-state index contributed by atoms with van der Waals surface area (Å²) in [5, 5.41) is 2.98. The number of aromatic nitrogens is 1. The fraction of sp³-hybridized carbons (Fsp3) is 0.412. The van der Waals surface area contributed by atoms with Crippen LogP contribution in [0.25, 0.3) is 11.3 Å². The molecule has 0 radical (unpaired) electrons. The van der Waals surface area contributed by atoms with Crippen LogP contribution >= 0.6 is 12.4 Å². The third-order valence-electron chi connectivity index (χ3n) is 4.41. The van der Waals surface area contributed by atoms with Crippen molar-refractivity contribution in [3.63, 3.8) is 0 Å². The molecule has 0 aliphatic heterocycles. The molecule has 6 heteroatoms. The number of benzene rings is 1. The Morgan fingerprint density at radius 2 is 2.09 bits per heavy atom. The van der Waals surface area contributed by atoms with Crippen molar-refractivity contribution in [3.05, 3.63) is 42.4 Å². The normalized spacial score (nSPS) is 20.0. The summed E-state index contributed by atoms with van der Waals surface area (Å²) < 4.78 is 5.47. The summed E-state index contributed by atoms with van der Waals surface area (Å²) in [6.45, 7) is 0.963. The van der Waals surface area contributed by atoms with E-state index in [9.17, 15) is 4.79 Å². The molecule has 124 valence electrons. The van der Waals surface area contributed by atoms with E-state index in [2.05, 4.69) is 10.3 Å². The van der Waals surface area contributed by atoms with Crippen LogP contribution in [0.1, 0.15) is 25.0 Å². The van der Waals surface area contributed by atoms with Gasteiger partial charge in [-0.3, -0.25) is 4.79 Å². The van der Waals surface area contributed by atoms with Gasteiger partial charge in [0.25, 0.3) is 0 Å². The first-order valence-corrected chi connectivity index (χ1v) is 7.75. The smallest absolute Gasteiger partial charge is 0.223 e. The molecule has 0 spiro atoms. The zero-order valence-corrected chi connectivity index (χ0v) is 13.7. The molecule has 1 saturated carbocycles. The molecular formula is C17H22ClN3O2. The number of hydrogen-bond acceptors (Lipinski definition) is 4. The van der Waals surface area contributed by atoms with Gasteiger partial charge < -0.3 is 15.5 Å². The van der Waals surface area contributed by atoms with Crippen LogP contribution in [0.3, 0.4) is 0 Å². The molecule has 1 aromatic carbocycles. The molecule has 1 aliphatic carbocycles. The highest BCUT2D eigenvalue weighted by Gasteiger charge is 2.31. The van der Waals surface area contributed by atoms with Gasteiger partial charge in [-0.25, -0.2) is 4.98 Å². The van der Waals surface area contributed by atoms with Crippen molar-refractivity contribution in [2.24, 2.45) is 17.6 Å². The molecule has 3 N–H and O–H groups in total. The predicted molar refractivity (Wildman–Crippen MR) is 90.9 cm³/mol. The molecule has 5 nitrogen and oxygen atoms in total. The molecule has 0 unspecified atom stereocenters. The third-order valence-corrected chi connectivity index (χ3v) is 4.41. The van der Waals surface area contributed by atoms with E-state index in [-0.39, 0.29) is 24.2 Å². The van der Waals surface area contributed by atoms with Crippen molar-refractivity contribution in [1.82, 2.24) is 10.3 Å². The van der Waals surface area contributed by atoms with Gasteiger partial charge in [0.05, 0.1) is 6.54 Å². The van der Waals surface area contributed by atoms with E-state index in [1.165, 1.54) is 6.39 Å². The summed E-state index contributed by atoms with van der Waals surface area (Å²) in [5.41, 5.74) is 7.46. The minimum Gasteiger partial charge on any atom is -0.443 e. The second-order valence-electron chi connectivity index (χ2n) is 5.75. The Labute approximate surface area is 142 Å². The number of carbonyl (C=O) groups is 1. The van der Waals surface area contributed by atoms with Crippen LogP contribution < -0.4 is 11.1 Å². The van der Waals surface area contributed by atoms with E-state index in [1.807, 2.05) is 30.3 Å². The van der Waals surface area contributed by atoms with Gasteiger partial charge >= 0.3 is 0 Å². The van der Waals surface area contributed by atoms with Crippen LogP contribution in [0, 0.1) is 11.8 Å². The lowest BCUT2D eigenvalue weighted by atomic mass is 9.95. The van der Waals surface area contributed by atoms with E-state index >= 15 is 0 Å². The van der Waals surface area contributed by atoms with Gasteiger partial charge in [0.1, 0.15) is 5.69 Å². The first-order valence-electron chi connectivity index (χ1n) is 7.75. The quantitative estimate of drug-likeness (QED) is 0.880. The monoisotopic (exact) mass is 335 g/mol. The summed E-state index contributed by atoms with van der Waals surface area (Å²) in [5.74, 6) is 1.14. The Bertz CT molecular complexity index is 630. The molecule has 2 aromatic rings. The number of nitrogens with two attached hydrogens (primary N) is 1. The molecule has 2 atom stereocenters. The topological polar surface area (TPSA) is 81.2 Å². The van der Waals surface area contributed by atoms with Gasteiger partial charge in [0.15, 0.2) is 12.2 Å². The average Bonchev–Trinajstić information content (AvgIpc) is 3.22. The summed E-state index contributed by atoms with van der Waals surface area (Å²) in [6, 6.07) is 9.78. The van der Waals surface area contributed by atoms with Crippen LogP contribution in [0.5, 0.6) is 0 Å². The number of nitrogens with one attached hydrogen (secondary N) is 1. The molecule has 1 amide bonds. The fourth-order valence-corrected chi connectivity index (χ4v) is 3.19. The lowest BCUT2D eigenvalue weighted by molar-refractivity contribution is -0.126. The molecule has 1 aromatic heterocycles. The Balaban J connectivity index is 0.00000192. The number of oxazole rings is 1. The Morgan fingerprint density at radius 1 is 1.30 bits per heavy atom. The maximum atomic E-state index is 12.3. The minimum absolute atomic E-state index is 0. The number of rotatable bonds is 5. The van der Waals surface area contributed by atoms with Crippen molar-refractivity contribution < 1.29 is 9.21 Å². The summed E-state index contributed by atoms with van der Waals surface area (Å²) in [7, 11) is 0. The van der Waals surface area contributed by atoms with Gasteiger partial charge in [-0.1, -0.05) is 36.8 Å². The zero-order valence-electron chi connectivity index (χ0n) is 12.9. The summed E-state index contributed by atoms with van der Waals surface area (Å²) in [4.78, 5) is 16.6. The highest BCUT2D eigenvalue weighted by molar-refractivity contribution is 5.85. The number of amides is 1. The third kappa shape index (κ3) is 3.92. The summed E-state index contributed by atoms with van der Waals surface area (Å²) in [6.07, 6.45) is 4.48. The van der Waals surface area contributed by atoms with Crippen LogP contribution in [0.2, 0.25) is 0 Å². The molecule has 1 heterocycles.